The van der Waals surface area contributed by atoms with Gasteiger partial charge in [-0.05, 0) is 19.2 Å². The molecule has 0 aliphatic rings. The number of alkyl halides is 3. The molecule has 0 radical (unpaired) electrons. The first kappa shape index (κ1) is 15.4. The van der Waals surface area contributed by atoms with Crippen LogP contribution in [-0.2, 0) is 6.54 Å². The van der Waals surface area contributed by atoms with Crippen LogP contribution in [0.25, 0.3) is 0 Å². The minimum Gasteiger partial charge on any atom is -0.300 e. The lowest BCUT2D eigenvalue weighted by Crippen LogP contribution is -2.30. The fourth-order valence-electron chi connectivity index (χ4n) is 1.41. The van der Waals surface area contributed by atoms with Gasteiger partial charge in [-0.25, -0.2) is 5.84 Å². The summed E-state index contributed by atoms with van der Waals surface area (Å²) in [5, 5.41) is 0. The Morgan fingerprint density at radius 3 is 2.63 bits per heavy atom. The van der Waals surface area contributed by atoms with Crippen LogP contribution in [0.2, 0.25) is 0 Å². The molecule has 0 aliphatic heterocycles. The van der Waals surface area contributed by atoms with E-state index >= 15 is 0 Å². The van der Waals surface area contributed by atoms with Gasteiger partial charge in [0.1, 0.15) is 0 Å². The van der Waals surface area contributed by atoms with Gasteiger partial charge in [0.2, 0.25) is 0 Å². The topological polar surface area (TPSA) is 71.2 Å². The van der Waals surface area contributed by atoms with E-state index in [1.54, 1.807) is 13.1 Å². The largest absolute Gasteiger partial charge is 0.390 e. The normalized spacial score (nSPS) is 11.7. The number of hydrogen-bond acceptors (Lipinski definition) is 4. The van der Waals surface area contributed by atoms with E-state index in [1.165, 1.54) is 17.2 Å². The summed E-state index contributed by atoms with van der Waals surface area (Å²) in [5.74, 6) is 4.49. The second-order valence-electron chi connectivity index (χ2n) is 4.11. The highest BCUT2D eigenvalue weighted by atomic mass is 19.4. The van der Waals surface area contributed by atoms with Crippen LogP contribution in [0.4, 0.5) is 13.2 Å². The van der Waals surface area contributed by atoms with E-state index in [1.807, 2.05) is 5.43 Å². The number of amides is 1. The molecule has 106 valence electrons. The molecule has 1 aromatic rings. The van der Waals surface area contributed by atoms with Crippen molar-refractivity contribution < 1.29 is 18.0 Å². The van der Waals surface area contributed by atoms with Crippen molar-refractivity contribution in [2.45, 2.75) is 19.1 Å². The van der Waals surface area contributed by atoms with Gasteiger partial charge in [0, 0.05) is 19.3 Å². The molecule has 0 fully saturated rings. The van der Waals surface area contributed by atoms with Gasteiger partial charge in [0.15, 0.2) is 0 Å². The molecule has 0 spiro atoms. The SMILES string of the molecule is CN(CCC(F)(F)F)Cc1ccc(C(=O)NN)cn1. The summed E-state index contributed by atoms with van der Waals surface area (Å²) < 4.78 is 36.1. The van der Waals surface area contributed by atoms with Crippen molar-refractivity contribution in [2.75, 3.05) is 13.6 Å². The zero-order valence-electron chi connectivity index (χ0n) is 10.4. The van der Waals surface area contributed by atoms with Crippen LogP contribution in [-0.4, -0.2) is 35.6 Å². The molecule has 19 heavy (non-hydrogen) atoms. The van der Waals surface area contributed by atoms with Gasteiger partial charge in [-0.1, -0.05) is 0 Å². The Kier molecular flexibility index (Phi) is 5.25. The smallest absolute Gasteiger partial charge is 0.300 e. The number of hydrogen-bond donors (Lipinski definition) is 2. The number of carbonyl (C=O) groups is 1. The lowest BCUT2D eigenvalue weighted by molar-refractivity contribution is -0.137. The third-order valence-corrected chi connectivity index (χ3v) is 2.43. The Morgan fingerprint density at radius 1 is 1.47 bits per heavy atom. The molecule has 1 rings (SSSR count). The number of pyridine rings is 1. The average molecular weight is 276 g/mol. The zero-order valence-corrected chi connectivity index (χ0v) is 10.4. The van der Waals surface area contributed by atoms with Gasteiger partial charge in [0.25, 0.3) is 5.91 Å². The molecule has 0 aliphatic carbocycles. The molecular weight excluding hydrogens is 261 g/mol. The molecule has 1 aromatic heterocycles. The van der Waals surface area contributed by atoms with E-state index in [9.17, 15) is 18.0 Å². The highest BCUT2D eigenvalue weighted by Crippen LogP contribution is 2.19. The summed E-state index contributed by atoms with van der Waals surface area (Å²) in [6.07, 6.45) is -3.70. The van der Waals surface area contributed by atoms with Crippen LogP contribution in [0, 0.1) is 0 Å². The first-order valence-corrected chi connectivity index (χ1v) is 5.53. The first-order chi connectivity index (χ1) is 8.81. The Hall–Kier alpha value is -1.67. The van der Waals surface area contributed by atoms with Crippen molar-refractivity contribution in [3.05, 3.63) is 29.6 Å². The Morgan fingerprint density at radius 2 is 2.16 bits per heavy atom. The second kappa shape index (κ2) is 6.48. The highest BCUT2D eigenvalue weighted by Gasteiger charge is 2.27. The van der Waals surface area contributed by atoms with Crippen LogP contribution in [0.5, 0.6) is 0 Å². The Balaban J connectivity index is 2.51. The molecule has 0 atom stereocenters. The maximum Gasteiger partial charge on any atom is 0.390 e. The van der Waals surface area contributed by atoms with E-state index < -0.39 is 18.5 Å². The fourth-order valence-corrected chi connectivity index (χ4v) is 1.41. The lowest BCUT2D eigenvalue weighted by atomic mass is 10.2. The van der Waals surface area contributed by atoms with Gasteiger partial charge in [0.05, 0.1) is 17.7 Å². The molecule has 5 nitrogen and oxygen atoms in total. The highest BCUT2D eigenvalue weighted by molar-refractivity contribution is 5.93. The van der Waals surface area contributed by atoms with Crippen molar-refractivity contribution >= 4 is 5.91 Å². The second-order valence-corrected chi connectivity index (χ2v) is 4.11. The van der Waals surface area contributed by atoms with E-state index in [0.717, 1.165) is 0 Å². The predicted molar refractivity (Wildman–Crippen MR) is 62.9 cm³/mol. The van der Waals surface area contributed by atoms with Crippen LogP contribution in [0.15, 0.2) is 18.3 Å². The lowest BCUT2D eigenvalue weighted by Gasteiger charge is -2.17. The summed E-state index contributed by atoms with van der Waals surface area (Å²) in [7, 11) is 1.58. The van der Waals surface area contributed by atoms with Crippen LogP contribution in [0.3, 0.4) is 0 Å². The average Bonchev–Trinajstić information content (AvgIpc) is 2.35. The van der Waals surface area contributed by atoms with E-state index in [4.69, 9.17) is 5.84 Å². The van der Waals surface area contributed by atoms with Gasteiger partial charge in [-0.2, -0.15) is 13.2 Å². The monoisotopic (exact) mass is 276 g/mol. The minimum absolute atomic E-state index is 0.101. The van der Waals surface area contributed by atoms with Crippen molar-refractivity contribution in [3.8, 4) is 0 Å². The summed E-state index contributed by atoms with van der Waals surface area (Å²) in [6.45, 7) is 0.177. The molecule has 0 aromatic carbocycles. The molecule has 0 saturated carbocycles. The van der Waals surface area contributed by atoms with Crippen LogP contribution < -0.4 is 11.3 Å². The number of aromatic nitrogens is 1. The van der Waals surface area contributed by atoms with E-state index in [0.29, 0.717) is 11.3 Å². The number of carbonyl (C=O) groups excluding carboxylic acids is 1. The fraction of sp³-hybridized carbons (Fsp3) is 0.455. The maximum atomic E-state index is 12.0. The van der Waals surface area contributed by atoms with E-state index in [-0.39, 0.29) is 13.1 Å². The van der Waals surface area contributed by atoms with Crippen LogP contribution >= 0.6 is 0 Å². The van der Waals surface area contributed by atoms with Crippen molar-refractivity contribution in [1.82, 2.24) is 15.3 Å². The van der Waals surface area contributed by atoms with Crippen molar-refractivity contribution in [2.24, 2.45) is 5.84 Å². The number of rotatable bonds is 5. The Bertz CT molecular complexity index is 419. The zero-order chi connectivity index (χ0) is 14.5. The van der Waals surface area contributed by atoms with Gasteiger partial charge < -0.3 is 4.90 Å². The molecular formula is C11H15F3N4O. The standard InChI is InChI=1S/C11H15F3N4O/c1-18(5-4-11(12,13)14)7-9-3-2-8(6-16-9)10(19)17-15/h2-3,6H,4-5,7,15H2,1H3,(H,17,19). The third-order valence-electron chi connectivity index (χ3n) is 2.43. The molecule has 3 N–H and O–H groups in total. The van der Waals surface area contributed by atoms with Gasteiger partial charge in [-0.15, -0.1) is 0 Å². The number of halogens is 3. The number of hydrazine groups is 1. The molecule has 1 amide bonds. The number of nitrogens with zero attached hydrogens (tertiary/aromatic N) is 2. The molecule has 8 heteroatoms. The minimum atomic E-state index is -4.16. The van der Waals surface area contributed by atoms with Crippen LogP contribution in [0.1, 0.15) is 22.5 Å². The third kappa shape index (κ3) is 5.66. The first-order valence-electron chi connectivity index (χ1n) is 5.53. The maximum absolute atomic E-state index is 12.0. The predicted octanol–water partition coefficient (Wildman–Crippen LogP) is 1.07. The van der Waals surface area contributed by atoms with Crippen molar-refractivity contribution in [1.29, 1.82) is 0 Å². The van der Waals surface area contributed by atoms with Gasteiger partial charge in [-0.3, -0.25) is 15.2 Å². The van der Waals surface area contributed by atoms with Gasteiger partial charge >= 0.3 is 6.18 Å². The summed E-state index contributed by atoms with van der Waals surface area (Å²) in [5.41, 5.74) is 2.84. The molecule has 1 heterocycles. The number of nitrogens with one attached hydrogen (secondary N) is 1. The summed E-state index contributed by atoms with van der Waals surface area (Å²) >= 11 is 0. The van der Waals surface area contributed by atoms with Crippen molar-refractivity contribution in [3.63, 3.8) is 0 Å². The molecule has 0 saturated heterocycles. The molecule has 0 bridgehead atoms. The van der Waals surface area contributed by atoms with E-state index in [2.05, 4.69) is 4.98 Å². The summed E-state index contributed by atoms with van der Waals surface area (Å²) in [4.78, 5) is 16.7. The number of nitrogen functional groups attached to an aromatic ring is 1. The number of nitrogens with two attached hydrogens (primary N) is 1. The molecule has 0 unspecified atom stereocenters. The summed E-state index contributed by atoms with van der Waals surface area (Å²) in [6, 6.07) is 3.09. The quantitative estimate of drug-likeness (QED) is 0.479. The Labute approximate surface area is 108 Å².